The maximum absolute atomic E-state index is 12.3. The van der Waals surface area contributed by atoms with Gasteiger partial charge in [0, 0.05) is 24.6 Å². The molecule has 2 heterocycles. The van der Waals surface area contributed by atoms with Crippen LogP contribution in [0.3, 0.4) is 0 Å². The highest BCUT2D eigenvalue weighted by atomic mass is 32.1. The van der Waals surface area contributed by atoms with Gasteiger partial charge in [0.15, 0.2) is 11.7 Å². The first kappa shape index (κ1) is 24.2. The van der Waals surface area contributed by atoms with E-state index < -0.39 is 18.8 Å². The molecule has 0 aliphatic carbocycles. The fourth-order valence-electron chi connectivity index (χ4n) is 2.89. The average Bonchev–Trinajstić information content (AvgIpc) is 3.20. The monoisotopic (exact) mass is 479 g/mol. The van der Waals surface area contributed by atoms with Crippen molar-refractivity contribution in [3.05, 3.63) is 64.3 Å². The molecule has 3 aromatic rings. The molecule has 0 radical (unpaired) electrons. The Bertz CT molecular complexity index is 1150. The van der Waals surface area contributed by atoms with Crippen molar-refractivity contribution in [2.45, 2.75) is 33.6 Å². The molecule has 0 fully saturated rings. The Balaban J connectivity index is 1.64. The van der Waals surface area contributed by atoms with Gasteiger partial charge in [0.1, 0.15) is 6.61 Å². The summed E-state index contributed by atoms with van der Waals surface area (Å²) in [4.78, 5) is 34.1. The van der Waals surface area contributed by atoms with Crippen LogP contribution in [-0.4, -0.2) is 34.6 Å². The predicted molar refractivity (Wildman–Crippen MR) is 116 cm³/mol. The fourth-order valence-corrected chi connectivity index (χ4v) is 3.76. The van der Waals surface area contributed by atoms with Crippen molar-refractivity contribution >= 4 is 34.0 Å². The van der Waals surface area contributed by atoms with Crippen LogP contribution in [0.2, 0.25) is 0 Å². The largest absolute Gasteiger partial charge is 0.468 e. The molecule has 0 aliphatic rings. The van der Waals surface area contributed by atoms with Gasteiger partial charge in [0.2, 0.25) is 11.8 Å². The third-order valence-corrected chi connectivity index (χ3v) is 5.22. The van der Waals surface area contributed by atoms with Crippen molar-refractivity contribution in [3.63, 3.8) is 0 Å². The number of alkyl halides is 3. The summed E-state index contributed by atoms with van der Waals surface area (Å²) >= 11 is 1.23. The van der Waals surface area contributed by atoms with Crippen LogP contribution >= 0.6 is 11.3 Å². The number of amides is 1. The molecule has 0 saturated heterocycles. The first-order valence-electron chi connectivity index (χ1n) is 9.68. The van der Waals surface area contributed by atoms with Gasteiger partial charge in [0.05, 0.1) is 16.9 Å². The first-order chi connectivity index (χ1) is 15.5. The van der Waals surface area contributed by atoms with Gasteiger partial charge >= 0.3 is 12.1 Å². The van der Waals surface area contributed by atoms with E-state index in [4.69, 9.17) is 4.74 Å². The summed E-state index contributed by atoms with van der Waals surface area (Å²) < 4.78 is 46.3. The smallest absolute Gasteiger partial charge is 0.422 e. The van der Waals surface area contributed by atoms with E-state index in [1.54, 1.807) is 5.38 Å². The van der Waals surface area contributed by atoms with Crippen molar-refractivity contribution in [2.24, 2.45) is 0 Å². The van der Waals surface area contributed by atoms with Crippen LogP contribution in [-0.2, 0) is 16.1 Å². The number of nitrogens with zero attached hydrogens (tertiary/aromatic N) is 3. The van der Waals surface area contributed by atoms with E-state index in [0.717, 1.165) is 23.4 Å². The molecule has 0 bridgehead atoms. The lowest BCUT2D eigenvalue weighted by Crippen LogP contribution is -2.23. The first-order valence-corrected chi connectivity index (χ1v) is 10.6. The van der Waals surface area contributed by atoms with Crippen LogP contribution < -0.4 is 9.64 Å². The number of aryl methyl sites for hydroxylation is 2. The number of benzene rings is 1. The average molecular weight is 479 g/mol. The van der Waals surface area contributed by atoms with Gasteiger partial charge in [-0.3, -0.25) is 9.69 Å². The Hall–Kier alpha value is -3.47. The number of ether oxygens (including phenoxy) is 2. The van der Waals surface area contributed by atoms with Crippen LogP contribution in [0.15, 0.2) is 41.9 Å². The lowest BCUT2D eigenvalue weighted by molar-refractivity contribution is -0.154. The third kappa shape index (κ3) is 6.51. The zero-order valence-corrected chi connectivity index (χ0v) is 18.8. The minimum Gasteiger partial charge on any atom is -0.468 e. The highest BCUT2D eigenvalue weighted by Crippen LogP contribution is 2.32. The van der Waals surface area contributed by atoms with Crippen molar-refractivity contribution in [2.75, 3.05) is 11.5 Å². The maximum atomic E-state index is 12.3. The Labute approximate surface area is 191 Å². The van der Waals surface area contributed by atoms with E-state index in [9.17, 15) is 22.8 Å². The quantitative estimate of drug-likeness (QED) is 0.437. The lowest BCUT2D eigenvalue weighted by Gasteiger charge is -2.20. The molecule has 0 atom stereocenters. The number of carbonyl (C=O) groups excluding carboxylic acids is 2. The van der Waals surface area contributed by atoms with Gasteiger partial charge < -0.3 is 9.47 Å². The molecule has 11 heteroatoms. The Morgan fingerprint density at radius 3 is 2.52 bits per heavy atom. The van der Waals surface area contributed by atoms with Crippen LogP contribution in [0.5, 0.6) is 5.88 Å². The van der Waals surface area contributed by atoms with Crippen LogP contribution in [0, 0.1) is 13.8 Å². The van der Waals surface area contributed by atoms with E-state index in [1.165, 1.54) is 29.2 Å². The van der Waals surface area contributed by atoms with Gasteiger partial charge in [-0.15, -0.1) is 11.3 Å². The second kappa shape index (κ2) is 9.99. The Morgan fingerprint density at radius 1 is 1.15 bits per heavy atom. The number of aromatic nitrogens is 2. The van der Waals surface area contributed by atoms with E-state index in [2.05, 4.69) is 14.7 Å². The molecule has 0 N–H and O–H groups in total. The normalized spacial score (nSPS) is 11.2. The highest BCUT2D eigenvalue weighted by Gasteiger charge is 2.28. The number of pyridine rings is 1. The zero-order chi connectivity index (χ0) is 24.2. The molecule has 2 aromatic heterocycles. The molecule has 7 nitrogen and oxygen atoms in total. The zero-order valence-electron chi connectivity index (χ0n) is 18.0. The number of hydrogen-bond acceptors (Lipinski definition) is 7. The summed E-state index contributed by atoms with van der Waals surface area (Å²) in [6.07, 6.45) is -3.42. The van der Waals surface area contributed by atoms with Crippen molar-refractivity contribution < 1.29 is 32.2 Å². The highest BCUT2D eigenvalue weighted by molar-refractivity contribution is 7.14. The lowest BCUT2D eigenvalue weighted by atomic mass is 10.1. The second-order valence-corrected chi connectivity index (χ2v) is 7.97. The minimum atomic E-state index is -4.48. The fraction of sp³-hybridized carbons (Fsp3) is 0.273. The van der Waals surface area contributed by atoms with E-state index in [0.29, 0.717) is 16.5 Å². The third-order valence-electron chi connectivity index (χ3n) is 4.35. The van der Waals surface area contributed by atoms with Crippen molar-refractivity contribution in [3.8, 4) is 5.88 Å². The Kier molecular flexibility index (Phi) is 7.32. The van der Waals surface area contributed by atoms with Crippen molar-refractivity contribution in [1.29, 1.82) is 0 Å². The molecule has 0 unspecified atom stereocenters. The minimum absolute atomic E-state index is 0.0467. The summed E-state index contributed by atoms with van der Waals surface area (Å²) in [6, 6.07) is 8.13. The van der Waals surface area contributed by atoms with Gasteiger partial charge in [-0.25, -0.2) is 14.8 Å². The van der Waals surface area contributed by atoms with Crippen LogP contribution in [0.1, 0.15) is 34.1 Å². The standard InChI is InChI=1S/C22H20F3N3O4S/c1-13-4-6-18(14(2)8-13)28(15(3)29)21-27-17(11-33-21)10-31-20(30)16-5-7-19(26-9-16)32-12-22(23,24)25/h4-9,11H,10,12H2,1-3H3. The summed E-state index contributed by atoms with van der Waals surface area (Å²) in [5, 5.41) is 2.11. The summed E-state index contributed by atoms with van der Waals surface area (Å²) in [5.74, 6) is -1.19. The van der Waals surface area contributed by atoms with Gasteiger partial charge in [0.25, 0.3) is 0 Å². The molecular weight excluding hydrogens is 459 g/mol. The molecule has 0 spiro atoms. The van der Waals surface area contributed by atoms with E-state index in [1.807, 2.05) is 32.0 Å². The molecule has 3 rings (SSSR count). The molecule has 174 valence electrons. The molecule has 33 heavy (non-hydrogen) atoms. The van der Waals surface area contributed by atoms with Crippen molar-refractivity contribution in [1.82, 2.24) is 9.97 Å². The predicted octanol–water partition coefficient (Wildman–Crippen LogP) is 5.14. The van der Waals surface area contributed by atoms with Crippen LogP contribution in [0.4, 0.5) is 24.0 Å². The molecule has 0 saturated carbocycles. The topological polar surface area (TPSA) is 81.6 Å². The number of carbonyl (C=O) groups is 2. The Morgan fingerprint density at radius 2 is 1.91 bits per heavy atom. The number of rotatable bonds is 7. The van der Waals surface area contributed by atoms with Gasteiger partial charge in [-0.1, -0.05) is 17.7 Å². The van der Waals surface area contributed by atoms with E-state index in [-0.39, 0.29) is 24.0 Å². The number of thiazole rings is 1. The second-order valence-electron chi connectivity index (χ2n) is 7.13. The summed E-state index contributed by atoms with van der Waals surface area (Å²) in [5.41, 5.74) is 3.19. The number of anilines is 2. The summed E-state index contributed by atoms with van der Waals surface area (Å²) in [6.45, 7) is 3.68. The SMILES string of the molecule is CC(=O)N(c1nc(COC(=O)c2ccc(OCC(F)(F)F)nc2)cs1)c1ccc(C)cc1C. The summed E-state index contributed by atoms with van der Waals surface area (Å²) in [7, 11) is 0. The van der Waals surface area contributed by atoms with E-state index >= 15 is 0 Å². The molecular formula is C22H20F3N3O4S. The van der Waals surface area contributed by atoms with Gasteiger partial charge in [-0.05, 0) is 31.5 Å². The van der Waals surface area contributed by atoms with Gasteiger partial charge in [-0.2, -0.15) is 13.2 Å². The molecule has 1 amide bonds. The van der Waals surface area contributed by atoms with Crippen LogP contribution in [0.25, 0.3) is 0 Å². The number of halogens is 3. The number of hydrogen-bond donors (Lipinski definition) is 0. The maximum Gasteiger partial charge on any atom is 0.422 e. The number of esters is 1. The molecule has 0 aliphatic heterocycles. The molecule has 1 aromatic carbocycles.